The Kier molecular flexibility index (Phi) is 35.5. The number of amides is 8. The quantitative estimate of drug-likeness (QED) is 0.0266. The summed E-state index contributed by atoms with van der Waals surface area (Å²) in [5, 5.41) is 49.7. The van der Waals surface area contributed by atoms with E-state index >= 15 is 4.39 Å². The first kappa shape index (κ1) is 76.1. The van der Waals surface area contributed by atoms with Crippen molar-refractivity contribution in [2.24, 2.45) is 11.1 Å². The number of aromatic nitrogens is 1. The number of primary amides is 1. The summed E-state index contributed by atoms with van der Waals surface area (Å²) in [4.78, 5) is 125. The SMILES string of the molecule is CC(C)(C)[C@@H](NCC[C@H](NC(=O)[C@@H](CC(N)=O)NC(=O)CCOCCOCCOCCOCCNC(=O)CCOCCN1C(=O)C=CC1=O)C(=O)NCCC(=O)N[C@H](CCC(=O)O)C(=O)O)c1cc(-c2cc(F)ccc2F)cn1Cc1ccccc1.OCCO. The first-order valence-electron chi connectivity index (χ1n) is 29.2. The van der Waals surface area contributed by atoms with Gasteiger partial charge in [-0.1, -0.05) is 51.1 Å². The molecule has 28 nitrogen and oxygen atoms in total. The third-order valence-electron chi connectivity index (χ3n) is 13.0. The molecule has 2 heterocycles. The van der Waals surface area contributed by atoms with E-state index in [0.717, 1.165) is 28.7 Å². The van der Waals surface area contributed by atoms with E-state index in [2.05, 4.69) is 31.9 Å². The third-order valence-corrected chi connectivity index (χ3v) is 13.0. The molecule has 1 aliphatic rings. The molecule has 8 amide bonds. The van der Waals surface area contributed by atoms with Crippen LogP contribution in [0, 0.1) is 17.0 Å². The van der Waals surface area contributed by atoms with Gasteiger partial charge < -0.3 is 86.3 Å². The molecular weight excluding hydrogens is 1190 g/mol. The number of ether oxygens (including phenoxy) is 5. The predicted octanol–water partition coefficient (Wildman–Crippen LogP) is 0.209. The molecule has 12 N–H and O–H groups in total. The van der Waals surface area contributed by atoms with Crippen LogP contribution in [-0.2, 0) is 78.2 Å². The molecule has 4 atom stereocenters. The number of halogens is 2. The van der Waals surface area contributed by atoms with Crippen molar-refractivity contribution in [2.75, 3.05) is 105 Å². The maximum Gasteiger partial charge on any atom is 0.326 e. The van der Waals surface area contributed by atoms with Gasteiger partial charge in [0.2, 0.25) is 35.4 Å². The lowest BCUT2D eigenvalue weighted by Gasteiger charge is -2.33. The fourth-order valence-electron chi connectivity index (χ4n) is 8.56. The number of carboxylic acids is 2. The van der Waals surface area contributed by atoms with Crippen LogP contribution in [0.3, 0.4) is 0 Å². The number of aliphatic hydroxyl groups is 2. The molecule has 0 unspecified atom stereocenters. The van der Waals surface area contributed by atoms with Crippen molar-refractivity contribution in [3.63, 3.8) is 0 Å². The summed E-state index contributed by atoms with van der Waals surface area (Å²) in [5.74, 6) is -9.28. The monoisotopic (exact) mass is 1270 g/mol. The summed E-state index contributed by atoms with van der Waals surface area (Å²) >= 11 is 0. The molecular formula is C60H85F2N9O19. The maximum atomic E-state index is 15.2. The summed E-state index contributed by atoms with van der Waals surface area (Å²) in [6, 6.07) is 9.36. The number of nitrogens with zero attached hydrogens (tertiary/aromatic N) is 2. The van der Waals surface area contributed by atoms with E-state index in [9.17, 15) is 57.4 Å². The number of carbonyl (C=O) groups is 10. The Balaban J connectivity index is 0.00000513. The number of imide groups is 1. The van der Waals surface area contributed by atoms with E-state index in [0.29, 0.717) is 17.8 Å². The van der Waals surface area contributed by atoms with Gasteiger partial charge in [0.05, 0.1) is 98.3 Å². The summed E-state index contributed by atoms with van der Waals surface area (Å²) < 4.78 is 58.9. The van der Waals surface area contributed by atoms with Crippen molar-refractivity contribution in [3.8, 4) is 11.1 Å². The third kappa shape index (κ3) is 30.4. The number of nitrogens with one attached hydrogen (secondary N) is 6. The summed E-state index contributed by atoms with van der Waals surface area (Å²) in [6.07, 6.45) is 1.78. The Bertz CT molecular complexity index is 2800. The molecule has 0 aliphatic carbocycles. The molecule has 0 bridgehead atoms. The number of carbonyl (C=O) groups excluding carboxylic acids is 8. The van der Waals surface area contributed by atoms with Gasteiger partial charge in [0, 0.05) is 80.5 Å². The maximum absolute atomic E-state index is 15.2. The van der Waals surface area contributed by atoms with Crippen LogP contribution in [0.1, 0.15) is 83.0 Å². The summed E-state index contributed by atoms with van der Waals surface area (Å²) in [6.45, 7) is 7.60. The highest BCUT2D eigenvalue weighted by Gasteiger charge is 2.33. The molecule has 1 aliphatic heterocycles. The van der Waals surface area contributed by atoms with Crippen molar-refractivity contribution >= 4 is 59.2 Å². The average Bonchev–Trinajstić information content (AvgIpc) is 1.74. The zero-order valence-electron chi connectivity index (χ0n) is 50.8. The fourth-order valence-corrected chi connectivity index (χ4v) is 8.56. The first-order chi connectivity index (χ1) is 42.9. The lowest BCUT2D eigenvalue weighted by molar-refractivity contribution is -0.143. The standard InChI is InChI=1S/C58H79F2N9O17.C2H6O2/c1-58(2,3)54(46-33-39(41-34-40(59)9-10-42(41)60)37-68(46)36-38-7-5-4-6-8-38)63-19-15-43(55(78)64-20-16-49(72)65-44(57(80)81)11-14-53(76)77)67-56(79)45(35-47(61)70)66-50(73)18-24-83-27-29-85-31-32-86-30-28-84-25-21-62-48(71)17-23-82-26-22-69-51(74)12-13-52(69)75;3-1-2-4/h4-10,12-13,33-34,37,43-45,54,63H,11,14-32,35-36H2,1-3H3,(H2,61,70)(H,62,71)(H,64,78)(H,65,72)(H,66,73)(H,67,79)(H,76,77)(H,80,81);3-4H,1-2H2/t43-,44+,45+,54-;/m0./s1. The Hall–Kier alpha value is -8.10. The van der Waals surface area contributed by atoms with E-state index in [1.807, 2.05) is 55.7 Å². The molecule has 30 heteroatoms. The van der Waals surface area contributed by atoms with E-state index < -0.39 is 120 Å². The van der Waals surface area contributed by atoms with Crippen LogP contribution in [0.15, 0.2) is 72.9 Å². The largest absolute Gasteiger partial charge is 0.481 e. The van der Waals surface area contributed by atoms with Gasteiger partial charge in [-0.3, -0.25) is 48.1 Å². The van der Waals surface area contributed by atoms with E-state index in [-0.39, 0.29) is 136 Å². The lowest BCUT2D eigenvalue weighted by atomic mass is 9.84. The van der Waals surface area contributed by atoms with Gasteiger partial charge in [-0.05, 0) is 54.6 Å². The number of rotatable bonds is 44. The molecule has 0 saturated carbocycles. The molecule has 1 aromatic heterocycles. The van der Waals surface area contributed by atoms with Crippen LogP contribution in [0.2, 0.25) is 0 Å². The van der Waals surface area contributed by atoms with Gasteiger partial charge in [-0.25, -0.2) is 13.6 Å². The van der Waals surface area contributed by atoms with Crippen molar-refractivity contribution in [1.82, 2.24) is 41.4 Å². The Morgan fingerprint density at radius 2 is 1.19 bits per heavy atom. The molecule has 2 aromatic carbocycles. The zero-order chi connectivity index (χ0) is 66.4. The highest BCUT2D eigenvalue weighted by molar-refractivity contribution is 6.12. The van der Waals surface area contributed by atoms with Gasteiger partial charge in [-0.15, -0.1) is 0 Å². The average molecular weight is 1270 g/mol. The summed E-state index contributed by atoms with van der Waals surface area (Å²) in [7, 11) is 0. The highest BCUT2D eigenvalue weighted by Crippen LogP contribution is 2.37. The second-order valence-corrected chi connectivity index (χ2v) is 21.2. The van der Waals surface area contributed by atoms with Crippen molar-refractivity contribution in [3.05, 3.63) is 95.8 Å². The Morgan fingerprint density at radius 1 is 0.611 bits per heavy atom. The molecule has 0 radical (unpaired) electrons. The number of carboxylic acid groups (broad SMARTS) is 2. The second-order valence-electron chi connectivity index (χ2n) is 21.2. The minimum absolute atomic E-state index is 0.0160. The van der Waals surface area contributed by atoms with Crippen molar-refractivity contribution in [2.45, 2.75) is 96.4 Å². The molecule has 0 spiro atoms. The number of hydrogen-bond donors (Lipinski definition) is 11. The lowest BCUT2D eigenvalue weighted by Crippen LogP contribution is -2.55. The Labute approximate surface area is 519 Å². The van der Waals surface area contributed by atoms with E-state index in [4.69, 9.17) is 44.7 Å². The second kappa shape index (κ2) is 42.0. The fraction of sp³-hybridized carbons (Fsp3) is 0.533. The number of hydrogen-bond acceptors (Lipinski definition) is 18. The smallest absolute Gasteiger partial charge is 0.326 e. The molecule has 90 heavy (non-hydrogen) atoms. The highest BCUT2D eigenvalue weighted by atomic mass is 19.1. The molecule has 3 aromatic rings. The van der Waals surface area contributed by atoms with Crippen LogP contribution in [0.5, 0.6) is 0 Å². The minimum atomic E-state index is -1.55. The van der Waals surface area contributed by atoms with Gasteiger partial charge in [0.25, 0.3) is 11.8 Å². The van der Waals surface area contributed by atoms with Crippen LogP contribution >= 0.6 is 0 Å². The molecule has 4 rings (SSSR count). The van der Waals surface area contributed by atoms with Crippen LogP contribution in [0.4, 0.5) is 8.78 Å². The van der Waals surface area contributed by atoms with Crippen LogP contribution in [-0.4, -0.2) is 213 Å². The number of nitrogens with two attached hydrogens (primary N) is 1. The summed E-state index contributed by atoms with van der Waals surface area (Å²) in [5.41, 5.74) is 6.95. The normalized spacial score (nSPS) is 13.3. The van der Waals surface area contributed by atoms with Crippen LogP contribution in [0.25, 0.3) is 11.1 Å². The zero-order valence-corrected chi connectivity index (χ0v) is 50.8. The van der Waals surface area contributed by atoms with Gasteiger partial charge in [-0.2, -0.15) is 0 Å². The minimum Gasteiger partial charge on any atom is -0.481 e. The number of aliphatic hydroxyl groups excluding tert-OH is 2. The van der Waals surface area contributed by atoms with E-state index in [1.54, 1.807) is 12.3 Å². The Morgan fingerprint density at radius 3 is 1.78 bits per heavy atom. The van der Waals surface area contributed by atoms with Gasteiger partial charge >= 0.3 is 11.9 Å². The predicted molar refractivity (Wildman–Crippen MR) is 318 cm³/mol. The molecule has 0 saturated heterocycles. The number of benzene rings is 2. The van der Waals surface area contributed by atoms with Gasteiger partial charge in [0.1, 0.15) is 29.8 Å². The molecule has 498 valence electrons. The van der Waals surface area contributed by atoms with Gasteiger partial charge in [0.15, 0.2) is 0 Å². The van der Waals surface area contributed by atoms with Crippen molar-refractivity contribution < 1.29 is 101 Å². The molecule has 0 fully saturated rings. The topological polar surface area (TPSA) is 404 Å². The van der Waals surface area contributed by atoms with Crippen LogP contribution < -0.4 is 37.6 Å². The first-order valence-corrected chi connectivity index (χ1v) is 29.2. The van der Waals surface area contributed by atoms with Crippen molar-refractivity contribution in [1.29, 1.82) is 0 Å². The number of aliphatic carboxylic acids is 2. The van der Waals surface area contributed by atoms with E-state index in [1.165, 1.54) is 12.2 Å².